The summed E-state index contributed by atoms with van der Waals surface area (Å²) < 4.78 is 35.5. The lowest BCUT2D eigenvalue weighted by Gasteiger charge is -2.37. The van der Waals surface area contributed by atoms with Gasteiger partial charge in [-0.1, -0.05) is 0 Å². The van der Waals surface area contributed by atoms with Crippen molar-refractivity contribution < 1.29 is 13.2 Å². The van der Waals surface area contributed by atoms with Crippen LogP contribution in [0.15, 0.2) is 12.5 Å². The molecule has 4 rings (SSSR count). The van der Waals surface area contributed by atoms with Crippen LogP contribution in [0, 0.1) is 0 Å². The molecule has 2 saturated heterocycles. The SMILES string of the molecule is Cn1cnc2nc(N3CCN(S(=O)(=O)N4CCOCC4)CC3)ncc21. The van der Waals surface area contributed by atoms with Crippen LogP contribution in [-0.2, 0) is 22.0 Å². The Morgan fingerprint density at radius 3 is 2.40 bits per heavy atom. The van der Waals surface area contributed by atoms with Crippen molar-refractivity contribution in [2.24, 2.45) is 7.05 Å². The number of aryl methyl sites for hydroxylation is 1. The van der Waals surface area contributed by atoms with Crippen molar-refractivity contribution in [3.05, 3.63) is 12.5 Å². The minimum atomic E-state index is -3.42. The van der Waals surface area contributed by atoms with Gasteiger partial charge in [0.25, 0.3) is 10.2 Å². The first-order valence-electron chi connectivity index (χ1n) is 8.28. The molecule has 2 aliphatic rings. The Bertz CT molecular complexity index is 854. The Hall–Kier alpha value is -1.82. The van der Waals surface area contributed by atoms with E-state index >= 15 is 0 Å². The number of fused-ring (bicyclic) bond motifs is 1. The smallest absolute Gasteiger partial charge is 0.282 e. The molecule has 11 heteroatoms. The molecule has 2 aromatic rings. The van der Waals surface area contributed by atoms with Crippen molar-refractivity contribution in [1.29, 1.82) is 0 Å². The van der Waals surface area contributed by atoms with Gasteiger partial charge >= 0.3 is 0 Å². The number of piperazine rings is 1. The van der Waals surface area contributed by atoms with Gasteiger partial charge in [-0.2, -0.15) is 22.0 Å². The van der Waals surface area contributed by atoms with Crippen LogP contribution in [-0.4, -0.2) is 89.0 Å². The molecule has 10 nitrogen and oxygen atoms in total. The van der Waals surface area contributed by atoms with Crippen molar-refractivity contribution in [2.75, 3.05) is 57.4 Å². The molecular weight excluding hydrogens is 346 g/mol. The third-order valence-electron chi connectivity index (χ3n) is 4.61. The first-order valence-corrected chi connectivity index (χ1v) is 9.67. The highest BCUT2D eigenvalue weighted by Crippen LogP contribution is 2.18. The van der Waals surface area contributed by atoms with Gasteiger partial charge in [-0.05, 0) is 0 Å². The molecule has 0 aliphatic carbocycles. The lowest BCUT2D eigenvalue weighted by molar-refractivity contribution is 0.0700. The zero-order valence-corrected chi connectivity index (χ0v) is 14.9. The average molecular weight is 367 g/mol. The fourth-order valence-electron chi connectivity index (χ4n) is 3.12. The van der Waals surface area contributed by atoms with Crippen LogP contribution in [0.25, 0.3) is 11.2 Å². The van der Waals surface area contributed by atoms with Crippen molar-refractivity contribution >= 4 is 27.3 Å². The number of nitrogens with zero attached hydrogens (tertiary/aromatic N) is 7. The van der Waals surface area contributed by atoms with E-state index in [1.807, 2.05) is 16.5 Å². The van der Waals surface area contributed by atoms with Crippen molar-refractivity contribution in [1.82, 2.24) is 28.1 Å². The van der Waals surface area contributed by atoms with Gasteiger partial charge < -0.3 is 14.2 Å². The number of imidazole rings is 1. The molecule has 0 atom stereocenters. The highest BCUT2D eigenvalue weighted by Gasteiger charge is 2.33. The summed E-state index contributed by atoms with van der Waals surface area (Å²) in [5, 5.41) is 0. The van der Waals surface area contributed by atoms with E-state index in [2.05, 4.69) is 15.0 Å². The molecule has 2 aliphatic heterocycles. The van der Waals surface area contributed by atoms with Gasteiger partial charge in [0.1, 0.15) is 5.52 Å². The maximum atomic E-state index is 12.7. The Kier molecular flexibility index (Phi) is 4.31. The largest absolute Gasteiger partial charge is 0.379 e. The lowest BCUT2D eigenvalue weighted by Crippen LogP contribution is -2.55. The van der Waals surface area contributed by atoms with E-state index in [1.165, 1.54) is 8.61 Å². The summed E-state index contributed by atoms with van der Waals surface area (Å²) in [6.45, 7) is 3.70. The highest BCUT2D eigenvalue weighted by molar-refractivity contribution is 7.86. The van der Waals surface area contributed by atoms with Crippen LogP contribution >= 0.6 is 0 Å². The Labute approximate surface area is 146 Å². The molecule has 25 heavy (non-hydrogen) atoms. The fourth-order valence-corrected chi connectivity index (χ4v) is 4.68. The van der Waals surface area contributed by atoms with Gasteiger partial charge in [0, 0.05) is 46.3 Å². The summed E-state index contributed by atoms with van der Waals surface area (Å²) in [7, 11) is -1.52. The zero-order valence-electron chi connectivity index (χ0n) is 14.1. The Morgan fingerprint density at radius 2 is 1.68 bits per heavy atom. The van der Waals surface area contributed by atoms with Crippen LogP contribution in [0.5, 0.6) is 0 Å². The minimum absolute atomic E-state index is 0.419. The number of ether oxygens (including phenoxy) is 1. The second-order valence-corrected chi connectivity index (χ2v) is 8.07. The van der Waals surface area contributed by atoms with E-state index in [4.69, 9.17) is 4.74 Å². The predicted octanol–water partition coefficient (Wildman–Crippen LogP) is -0.938. The van der Waals surface area contributed by atoms with Crippen molar-refractivity contribution in [3.63, 3.8) is 0 Å². The van der Waals surface area contributed by atoms with Crippen LogP contribution in [0.4, 0.5) is 5.95 Å². The monoisotopic (exact) mass is 367 g/mol. The van der Waals surface area contributed by atoms with Gasteiger partial charge in [-0.3, -0.25) is 0 Å². The maximum Gasteiger partial charge on any atom is 0.282 e. The average Bonchev–Trinajstić information content (AvgIpc) is 3.03. The van der Waals surface area contributed by atoms with Crippen molar-refractivity contribution in [3.8, 4) is 0 Å². The summed E-state index contributed by atoms with van der Waals surface area (Å²) in [6, 6.07) is 0. The second-order valence-electron chi connectivity index (χ2n) is 6.14. The predicted molar refractivity (Wildman–Crippen MR) is 91.4 cm³/mol. The first-order chi connectivity index (χ1) is 12.1. The van der Waals surface area contributed by atoms with E-state index in [0.29, 0.717) is 64.1 Å². The molecule has 0 aromatic carbocycles. The number of rotatable bonds is 3. The standard InChI is InChI=1S/C14H21N7O3S/c1-18-11-16-13-12(18)10-15-14(17-13)19-2-4-20(5-3-19)25(22,23)21-6-8-24-9-7-21/h10-11H,2-9H2,1H3. The van der Waals surface area contributed by atoms with Gasteiger partial charge in [0.15, 0.2) is 5.65 Å². The second kappa shape index (κ2) is 6.48. The van der Waals surface area contributed by atoms with Gasteiger partial charge in [0.2, 0.25) is 5.95 Å². The molecule has 2 aromatic heterocycles. The topological polar surface area (TPSA) is 96.7 Å². The van der Waals surface area contributed by atoms with Crippen LogP contribution in [0.1, 0.15) is 0 Å². The Balaban J connectivity index is 1.45. The molecule has 0 spiro atoms. The minimum Gasteiger partial charge on any atom is -0.379 e. The fraction of sp³-hybridized carbons (Fsp3) is 0.643. The van der Waals surface area contributed by atoms with E-state index in [9.17, 15) is 8.42 Å². The summed E-state index contributed by atoms with van der Waals surface area (Å²) >= 11 is 0. The molecule has 2 fully saturated rings. The zero-order chi connectivity index (χ0) is 17.4. The van der Waals surface area contributed by atoms with Crippen molar-refractivity contribution in [2.45, 2.75) is 0 Å². The Morgan fingerprint density at radius 1 is 1.00 bits per heavy atom. The number of hydrogen-bond donors (Lipinski definition) is 0. The summed E-state index contributed by atoms with van der Waals surface area (Å²) in [5.41, 5.74) is 1.52. The van der Waals surface area contributed by atoms with Gasteiger partial charge in [0.05, 0.1) is 25.7 Å². The molecule has 0 N–H and O–H groups in total. The maximum absolute atomic E-state index is 12.7. The molecule has 0 radical (unpaired) electrons. The molecule has 0 amide bonds. The number of aromatic nitrogens is 4. The van der Waals surface area contributed by atoms with E-state index in [1.54, 1.807) is 12.5 Å². The highest BCUT2D eigenvalue weighted by atomic mass is 32.2. The normalized spacial score (nSPS) is 21.1. The molecule has 4 heterocycles. The first kappa shape index (κ1) is 16.6. The summed E-state index contributed by atoms with van der Waals surface area (Å²) in [6.07, 6.45) is 3.46. The van der Waals surface area contributed by atoms with Gasteiger partial charge in [-0.15, -0.1) is 0 Å². The van der Waals surface area contributed by atoms with E-state index in [-0.39, 0.29) is 0 Å². The third kappa shape index (κ3) is 3.08. The molecular formula is C14H21N7O3S. The van der Waals surface area contributed by atoms with E-state index < -0.39 is 10.2 Å². The molecule has 136 valence electrons. The number of morpholine rings is 1. The number of anilines is 1. The quantitative estimate of drug-likeness (QED) is 0.691. The third-order valence-corrected chi connectivity index (χ3v) is 6.65. The molecule has 0 unspecified atom stereocenters. The van der Waals surface area contributed by atoms with Crippen LogP contribution < -0.4 is 4.90 Å². The van der Waals surface area contributed by atoms with E-state index in [0.717, 1.165) is 5.52 Å². The number of hydrogen-bond acceptors (Lipinski definition) is 7. The summed E-state index contributed by atoms with van der Waals surface area (Å²) in [4.78, 5) is 15.1. The molecule has 0 bridgehead atoms. The lowest BCUT2D eigenvalue weighted by atomic mass is 10.4. The van der Waals surface area contributed by atoms with Crippen LogP contribution in [0.3, 0.4) is 0 Å². The van der Waals surface area contributed by atoms with Crippen LogP contribution in [0.2, 0.25) is 0 Å². The molecule has 0 saturated carbocycles. The van der Waals surface area contributed by atoms with Gasteiger partial charge in [-0.25, -0.2) is 9.97 Å². The summed E-state index contributed by atoms with van der Waals surface area (Å²) in [5.74, 6) is 0.592.